The third kappa shape index (κ3) is 5.35. The quantitative estimate of drug-likeness (QED) is 0.373. The van der Waals surface area contributed by atoms with Crippen molar-refractivity contribution in [3.63, 3.8) is 0 Å². The number of rotatable bonds is 6. The van der Waals surface area contributed by atoms with Crippen LogP contribution in [0.2, 0.25) is 0 Å². The van der Waals surface area contributed by atoms with Gasteiger partial charge in [-0.25, -0.2) is 19.2 Å². The molecule has 40 heavy (non-hydrogen) atoms. The van der Waals surface area contributed by atoms with Crippen LogP contribution in [0.1, 0.15) is 44.5 Å². The van der Waals surface area contributed by atoms with Crippen LogP contribution in [0.5, 0.6) is 0 Å². The Morgan fingerprint density at radius 1 is 1.23 bits per heavy atom. The van der Waals surface area contributed by atoms with E-state index in [-0.39, 0.29) is 46.3 Å². The normalized spacial score (nSPS) is 16.4. The van der Waals surface area contributed by atoms with Gasteiger partial charge >= 0.3 is 6.09 Å². The van der Waals surface area contributed by atoms with E-state index >= 15 is 0 Å². The molecule has 0 aliphatic heterocycles. The lowest BCUT2D eigenvalue weighted by Gasteiger charge is -2.25. The zero-order valence-electron chi connectivity index (χ0n) is 22.7. The lowest BCUT2D eigenvalue weighted by atomic mass is 10.2. The predicted octanol–water partition coefficient (Wildman–Crippen LogP) is 3.67. The van der Waals surface area contributed by atoms with Gasteiger partial charge < -0.3 is 15.4 Å². The highest BCUT2D eigenvalue weighted by Gasteiger charge is 2.35. The van der Waals surface area contributed by atoms with Crippen molar-refractivity contribution in [1.29, 1.82) is 0 Å². The molecule has 4 aromatic heterocycles. The average Bonchev–Trinajstić information content (AvgIpc) is 3.40. The van der Waals surface area contributed by atoms with E-state index < -0.39 is 23.1 Å². The lowest BCUT2D eigenvalue weighted by Crippen LogP contribution is -2.35. The topological polar surface area (TPSA) is 136 Å². The third-order valence-electron chi connectivity index (χ3n) is 6.31. The molecule has 2 amide bonds. The van der Waals surface area contributed by atoms with Crippen molar-refractivity contribution in [3.05, 3.63) is 70.7 Å². The number of anilines is 3. The Kier molecular flexibility index (Phi) is 6.74. The Morgan fingerprint density at radius 2 is 1.98 bits per heavy atom. The Hall–Kier alpha value is -4.81. The van der Waals surface area contributed by atoms with Crippen LogP contribution >= 0.6 is 0 Å². The molecule has 0 bridgehead atoms. The van der Waals surface area contributed by atoms with Crippen LogP contribution in [0.15, 0.2) is 53.7 Å². The minimum atomic E-state index is -0.759. The number of amides is 2. The van der Waals surface area contributed by atoms with Crippen LogP contribution in [-0.4, -0.2) is 54.8 Å². The largest absolute Gasteiger partial charge is 0.443 e. The minimum absolute atomic E-state index is 0.0626. The summed E-state index contributed by atoms with van der Waals surface area (Å²) in [4.78, 5) is 49.0. The fraction of sp³-hybridized carbons (Fsp3) is 0.333. The number of fused-ring (bicyclic) bond motifs is 1. The molecule has 13 heteroatoms. The smallest absolute Gasteiger partial charge is 0.415 e. The predicted molar refractivity (Wildman–Crippen MR) is 146 cm³/mol. The van der Waals surface area contributed by atoms with Gasteiger partial charge in [-0.3, -0.25) is 19.1 Å². The molecule has 0 radical (unpaired) electrons. The monoisotopic (exact) mass is 548 g/mol. The fourth-order valence-electron chi connectivity index (χ4n) is 4.05. The number of nitrogens with one attached hydrogen (secondary N) is 2. The zero-order valence-corrected chi connectivity index (χ0v) is 22.7. The van der Waals surface area contributed by atoms with Crippen LogP contribution in [0, 0.1) is 11.7 Å². The second-order valence-corrected chi connectivity index (χ2v) is 10.7. The number of hydrogen-bond donors (Lipinski definition) is 2. The number of pyridine rings is 2. The average molecular weight is 549 g/mol. The summed E-state index contributed by atoms with van der Waals surface area (Å²) in [6, 6.07) is 7.25. The van der Waals surface area contributed by atoms with Gasteiger partial charge in [-0.05, 0) is 57.4 Å². The number of carbonyl (C=O) groups excluding carboxylic acids is 2. The standard InChI is InChI=1S/C27H29FN8O4/c1-15-12-19(15)32-24(37)16-14-30-36-21(34(5)26(39)40-27(2,3)4)13-20(33-22(16)36)31-18-9-7-11-35(25(18)38)23-17(28)8-6-10-29-23/h6-11,13-15,19H,12H2,1-5H3,(H,31,33)(H,32,37)/t15-,19+/m0/s1. The van der Waals surface area contributed by atoms with Crippen LogP contribution in [0.25, 0.3) is 11.5 Å². The third-order valence-corrected chi connectivity index (χ3v) is 6.31. The second kappa shape index (κ2) is 10.1. The van der Waals surface area contributed by atoms with Crippen molar-refractivity contribution in [2.45, 2.75) is 45.8 Å². The first-order valence-corrected chi connectivity index (χ1v) is 12.7. The molecule has 1 fully saturated rings. The van der Waals surface area contributed by atoms with E-state index in [1.807, 2.05) is 6.92 Å². The zero-order chi connectivity index (χ0) is 28.8. The maximum absolute atomic E-state index is 14.4. The molecule has 1 aliphatic carbocycles. The van der Waals surface area contributed by atoms with Crippen LogP contribution < -0.4 is 21.1 Å². The molecule has 0 unspecified atom stereocenters. The summed E-state index contributed by atoms with van der Waals surface area (Å²) in [5.74, 6) is -0.422. The van der Waals surface area contributed by atoms with Crippen molar-refractivity contribution >= 4 is 35.0 Å². The molecule has 4 aromatic rings. The first-order valence-electron chi connectivity index (χ1n) is 12.7. The van der Waals surface area contributed by atoms with Crippen molar-refractivity contribution in [3.8, 4) is 5.82 Å². The molecule has 1 aliphatic rings. The molecule has 5 rings (SSSR count). The Morgan fingerprint density at radius 3 is 2.65 bits per heavy atom. The van der Waals surface area contributed by atoms with E-state index in [1.54, 1.807) is 26.8 Å². The molecule has 2 atom stereocenters. The van der Waals surface area contributed by atoms with Gasteiger partial charge in [0.25, 0.3) is 11.5 Å². The van der Waals surface area contributed by atoms with Crippen molar-refractivity contribution in [1.82, 2.24) is 29.5 Å². The minimum Gasteiger partial charge on any atom is -0.443 e. The van der Waals surface area contributed by atoms with Gasteiger partial charge in [0.15, 0.2) is 17.3 Å². The van der Waals surface area contributed by atoms with Crippen molar-refractivity contribution in [2.75, 3.05) is 17.3 Å². The summed E-state index contributed by atoms with van der Waals surface area (Å²) in [5, 5.41) is 10.2. The summed E-state index contributed by atoms with van der Waals surface area (Å²) in [6.45, 7) is 7.27. The fourth-order valence-corrected chi connectivity index (χ4v) is 4.05. The molecule has 4 heterocycles. The molecule has 2 N–H and O–H groups in total. The molecule has 1 saturated carbocycles. The van der Waals surface area contributed by atoms with E-state index in [9.17, 15) is 18.8 Å². The first kappa shape index (κ1) is 26.8. The SMILES string of the molecule is C[C@H]1C[C@H]1NC(=O)c1cnn2c(N(C)C(=O)OC(C)(C)C)cc(Nc3cccn(-c4ncccc4F)c3=O)nc12. The molecule has 0 saturated heterocycles. The summed E-state index contributed by atoms with van der Waals surface area (Å²) in [5.41, 5.74) is -0.925. The number of halogens is 1. The van der Waals surface area contributed by atoms with Crippen molar-refractivity contribution < 1.29 is 18.7 Å². The first-order chi connectivity index (χ1) is 18.9. The molecular weight excluding hydrogens is 519 g/mol. The van der Waals surface area contributed by atoms with Gasteiger partial charge in [-0.2, -0.15) is 9.61 Å². The Bertz CT molecular complexity index is 1680. The van der Waals surface area contributed by atoms with Gasteiger partial charge in [-0.15, -0.1) is 0 Å². The van der Waals surface area contributed by atoms with Crippen LogP contribution in [0.3, 0.4) is 0 Å². The summed E-state index contributed by atoms with van der Waals surface area (Å²) < 4.78 is 22.3. The molecule has 0 aromatic carbocycles. The number of ether oxygens (including phenoxy) is 1. The van der Waals surface area contributed by atoms with Gasteiger partial charge in [0.2, 0.25) is 0 Å². The van der Waals surface area contributed by atoms with Crippen LogP contribution in [0.4, 0.5) is 26.5 Å². The van der Waals surface area contributed by atoms with E-state index in [0.29, 0.717) is 5.92 Å². The molecule has 0 spiro atoms. The number of nitrogens with zero attached hydrogens (tertiary/aromatic N) is 6. The van der Waals surface area contributed by atoms with Gasteiger partial charge in [0, 0.05) is 31.5 Å². The highest BCUT2D eigenvalue weighted by atomic mass is 19.1. The van der Waals surface area contributed by atoms with Crippen LogP contribution in [-0.2, 0) is 4.74 Å². The second-order valence-electron chi connectivity index (χ2n) is 10.7. The number of aromatic nitrogens is 5. The maximum Gasteiger partial charge on any atom is 0.415 e. The lowest BCUT2D eigenvalue weighted by molar-refractivity contribution is 0.0587. The molecule has 208 valence electrons. The van der Waals surface area contributed by atoms with Crippen molar-refractivity contribution in [2.24, 2.45) is 5.92 Å². The van der Waals surface area contributed by atoms with E-state index in [0.717, 1.165) is 11.0 Å². The highest BCUT2D eigenvalue weighted by molar-refractivity contribution is 6.00. The molecular formula is C27H29FN8O4. The highest BCUT2D eigenvalue weighted by Crippen LogP contribution is 2.30. The maximum atomic E-state index is 14.4. The van der Waals surface area contributed by atoms with Gasteiger partial charge in [0.1, 0.15) is 28.5 Å². The summed E-state index contributed by atoms with van der Waals surface area (Å²) in [6.07, 6.45) is 4.38. The summed E-state index contributed by atoms with van der Waals surface area (Å²) >= 11 is 0. The van der Waals surface area contributed by atoms with E-state index in [4.69, 9.17) is 4.74 Å². The number of carbonyl (C=O) groups is 2. The van der Waals surface area contributed by atoms with Gasteiger partial charge in [-0.1, -0.05) is 6.92 Å². The molecule has 12 nitrogen and oxygen atoms in total. The van der Waals surface area contributed by atoms with E-state index in [2.05, 4.69) is 25.7 Å². The van der Waals surface area contributed by atoms with Gasteiger partial charge in [0.05, 0.1) is 6.20 Å². The Labute approximate surface area is 228 Å². The Balaban J connectivity index is 1.58. The number of hydrogen-bond acceptors (Lipinski definition) is 8. The van der Waals surface area contributed by atoms with E-state index in [1.165, 1.54) is 59.3 Å². The summed E-state index contributed by atoms with van der Waals surface area (Å²) in [7, 11) is 1.50.